The number of aromatic nitrogens is 3. The highest BCUT2D eigenvalue weighted by Crippen LogP contribution is 2.38. The van der Waals surface area contributed by atoms with Crippen molar-refractivity contribution in [3.8, 4) is 11.1 Å². The van der Waals surface area contributed by atoms with E-state index in [2.05, 4.69) is 15.3 Å². The minimum absolute atomic E-state index is 0.335. The summed E-state index contributed by atoms with van der Waals surface area (Å²) in [7, 11) is 0. The molecule has 1 aliphatic rings. The molecular formula is C17H15FN4O. The van der Waals surface area contributed by atoms with Crippen molar-refractivity contribution in [1.29, 1.82) is 0 Å². The molecule has 1 aromatic carbocycles. The quantitative estimate of drug-likeness (QED) is 0.751. The summed E-state index contributed by atoms with van der Waals surface area (Å²) in [5.74, 6) is 0.106. The molecule has 1 amide bonds. The number of benzene rings is 1. The van der Waals surface area contributed by atoms with Gasteiger partial charge in [0.1, 0.15) is 11.3 Å². The van der Waals surface area contributed by atoms with Crippen LogP contribution < -0.4 is 5.32 Å². The Labute approximate surface area is 132 Å². The van der Waals surface area contributed by atoms with Gasteiger partial charge in [0, 0.05) is 12.2 Å². The predicted octanol–water partition coefficient (Wildman–Crippen LogP) is 3.45. The van der Waals surface area contributed by atoms with Gasteiger partial charge in [-0.2, -0.15) is 0 Å². The Kier molecular flexibility index (Phi) is 3.11. The number of nitrogens with zero attached hydrogens (tertiary/aromatic N) is 3. The number of imidazole rings is 1. The van der Waals surface area contributed by atoms with E-state index in [-0.39, 0.29) is 5.82 Å². The summed E-state index contributed by atoms with van der Waals surface area (Å²) in [6.07, 6.45) is 6.18. The molecule has 0 atom stereocenters. The monoisotopic (exact) mass is 310 g/mol. The van der Waals surface area contributed by atoms with Crippen LogP contribution in [0.5, 0.6) is 0 Å². The van der Waals surface area contributed by atoms with Crippen molar-refractivity contribution in [2.24, 2.45) is 0 Å². The molecule has 2 heterocycles. The molecule has 0 saturated heterocycles. The molecule has 23 heavy (non-hydrogen) atoms. The summed E-state index contributed by atoms with van der Waals surface area (Å²) >= 11 is 0. The third-order valence-corrected chi connectivity index (χ3v) is 4.19. The van der Waals surface area contributed by atoms with E-state index in [1.807, 2.05) is 17.6 Å². The maximum absolute atomic E-state index is 14.4. The van der Waals surface area contributed by atoms with Crippen molar-refractivity contribution in [2.45, 2.75) is 25.8 Å². The number of aryl methyl sites for hydroxylation is 1. The van der Waals surface area contributed by atoms with E-state index >= 15 is 0 Å². The first-order chi connectivity index (χ1) is 11.2. The van der Waals surface area contributed by atoms with Gasteiger partial charge in [-0.25, -0.2) is 14.4 Å². The van der Waals surface area contributed by atoms with Crippen molar-refractivity contribution in [3.63, 3.8) is 0 Å². The van der Waals surface area contributed by atoms with Crippen LogP contribution in [0.25, 0.3) is 22.2 Å². The lowest BCUT2D eigenvalue weighted by atomic mass is 10.0. The van der Waals surface area contributed by atoms with Crippen LogP contribution in [0.15, 0.2) is 30.7 Å². The molecular weight excluding hydrogens is 295 g/mol. The molecule has 2 aromatic heterocycles. The van der Waals surface area contributed by atoms with Gasteiger partial charge in [-0.1, -0.05) is 0 Å². The number of hydrogen-bond donors (Lipinski definition) is 1. The molecule has 1 N–H and O–H groups in total. The number of carbonyl (C=O) groups excluding carboxylic acids is 1. The second kappa shape index (κ2) is 5.15. The Balaban J connectivity index is 1.90. The molecule has 6 heteroatoms. The zero-order chi connectivity index (χ0) is 16.0. The van der Waals surface area contributed by atoms with Crippen LogP contribution in [0.2, 0.25) is 0 Å². The number of carbonyl (C=O) groups is 1. The largest absolute Gasteiger partial charge is 0.327 e. The third kappa shape index (κ3) is 2.36. The molecule has 3 aromatic rings. The summed E-state index contributed by atoms with van der Waals surface area (Å²) in [6.45, 7) is 1.91. The van der Waals surface area contributed by atoms with E-state index in [1.54, 1.807) is 18.6 Å². The van der Waals surface area contributed by atoms with Gasteiger partial charge in [0.05, 0.1) is 11.8 Å². The van der Waals surface area contributed by atoms with Crippen LogP contribution in [0, 0.1) is 12.7 Å². The summed E-state index contributed by atoms with van der Waals surface area (Å²) in [6, 6.07) is 5.62. The Morgan fingerprint density at radius 3 is 2.87 bits per heavy atom. The number of halogens is 1. The van der Waals surface area contributed by atoms with Crippen molar-refractivity contribution < 1.29 is 9.18 Å². The molecule has 116 valence electrons. The fraction of sp³-hybridized carbons (Fsp3) is 0.235. The van der Waals surface area contributed by atoms with E-state index in [0.717, 1.165) is 35.0 Å². The summed E-state index contributed by atoms with van der Waals surface area (Å²) < 4.78 is 16.5. The van der Waals surface area contributed by atoms with Gasteiger partial charge < -0.3 is 9.88 Å². The molecule has 0 aliphatic heterocycles. The van der Waals surface area contributed by atoms with Crippen LogP contribution in [0.3, 0.4) is 0 Å². The molecule has 5 nitrogen and oxygen atoms in total. The van der Waals surface area contributed by atoms with Gasteiger partial charge in [0.15, 0.2) is 5.82 Å². The van der Waals surface area contributed by atoms with Gasteiger partial charge in [0.25, 0.3) is 0 Å². The summed E-state index contributed by atoms with van der Waals surface area (Å²) in [5, 5.41) is 2.53. The molecule has 0 spiro atoms. The Hall–Kier alpha value is -2.76. The van der Waals surface area contributed by atoms with Crippen molar-refractivity contribution in [1.82, 2.24) is 14.5 Å². The number of pyridine rings is 1. The maximum atomic E-state index is 14.4. The van der Waals surface area contributed by atoms with E-state index in [1.165, 1.54) is 6.07 Å². The number of rotatable bonds is 4. The van der Waals surface area contributed by atoms with Crippen LogP contribution in [-0.2, 0) is 4.79 Å². The van der Waals surface area contributed by atoms with Crippen LogP contribution in [0.4, 0.5) is 10.2 Å². The highest BCUT2D eigenvalue weighted by Gasteiger charge is 2.26. The van der Waals surface area contributed by atoms with Gasteiger partial charge in [0.2, 0.25) is 6.41 Å². The third-order valence-electron chi connectivity index (χ3n) is 4.19. The number of amides is 1. The van der Waals surface area contributed by atoms with Crippen LogP contribution in [0.1, 0.15) is 24.4 Å². The standard InChI is InChI=1S/C17H15FN4O/c1-10-7-19-16(21-9-23)6-13(10)11-4-14(18)17-15(5-11)22(8-20-17)12-2-3-12/h4-9,12H,2-3H2,1H3,(H,19,21,23). The number of hydrogen-bond acceptors (Lipinski definition) is 3. The Morgan fingerprint density at radius 2 is 2.13 bits per heavy atom. The van der Waals surface area contributed by atoms with Crippen molar-refractivity contribution in [3.05, 3.63) is 42.1 Å². The first kappa shape index (κ1) is 13.9. The molecule has 0 bridgehead atoms. The van der Waals surface area contributed by atoms with Gasteiger partial charge in [-0.15, -0.1) is 0 Å². The summed E-state index contributed by atoms with van der Waals surface area (Å²) in [5.41, 5.74) is 3.72. The predicted molar refractivity (Wildman–Crippen MR) is 85.6 cm³/mol. The molecule has 0 radical (unpaired) electrons. The molecule has 4 rings (SSSR count). The summed E-state index contributed by atoms with van der Waals surface area (Å²) in [4.78, 5) is 18.9. The molecule has 0 unspecified atom stereocenters. The van der Waals surface area contributed by atoms with Crippen LogP contribution >= 0.6 is 0 Å². The van der Waals surface area contributed by atoms with Crippen molar-refractivity contribution in [2.75, 3.05) is 5.32 Å². The van der Waals surface area contributed by atoms with E-state index in [9.17, 15) is 9.18 Å². The second-order valence-electron chi connectivity index (χ2n) is 5.86. The van der Waals surface area contributed by atoms with E-state index in [0.29, 0.717) is 23.8 Å². The van der Waals surface area contributed by atoms with Crippen LogP contribution in [-0.4, -0.2) is 20.9 Å². The number of nitrogens with one attached hydrogen (secondary N) is 1. The number of anilines is 1. The SMILES string of the molecule is Cc1cnc(NC=O)cc1-c1cc(F)c2ncn(C3CC3)c2c1. The second-order valence-corrected chi connectivity index (χ2v) is 5.86. The molecule has 1 aliphatic carbocycles. The van der Waals surface area contributed by atoms with Crippen molar-refractivity contribution >= 4 is 23.3 Å². The molecule has 1 saturated carbocycles. The highest BCUT2D eigenvalue weighted by atomic mass is 19.1. The number of fused-ring (bicyclic) bond motifs is 1. The first-order valence-corrected chi connectivity index (χ1v) is 7.50. The lowest BCUT2D eigenvalue weighted by Gasteiger charge is -2.10. The molecule has 1 fully saturated rings. The average molecular weight is 310 g/mol. The smallest absolute Gasteiger partial charge is 0.212 e. The highest BCUT2D eigenvalue weighted by molar-refractivity contribution is 5.85. The normalized spacial score (nSPS) is 14.2. The van der Waals surface area contributed by atoms with E-state index in [4.69, 9.17) is 0 Å². The maximum Gasteiger partial charge on any atom is 0.212 e. The van der Waals surface area contributed by atoms with Gasteiger partial charge in [-0.3, -0.25) is 4.79 Å². The topological polar surface area (TPSA) is 59.8 Å². The minimum Gasteiger partial charge on any atom is -0.327 e. The zero-order valence-corrected chi connectivity index (χ0v) is 12.6. The lowest BCUT2D eigenvalue weighted by Crippen LogP contribution is -1.98. The fourth-order valence-electron chi connectivity index (χ4n) is 2.86. The average Bonchev–Trinajstić information content (AvgIpc) is 3.29. The van der Waals surface area contributed by atoms with E-state index < -0.39 is 0 Å². The fourth-order valence-corrected chi connectivity index (χ4v) is 2.86. The zero-order valence-electron chi connectivity index (χ0n) is 12.6. The van der Waals surface area contributed by atoms with Gasteiger partial charge >= 0.3 is 0 Å². The minimum atomic E-state index is -0.335. The lowest BCUT2D eigenvalue weighted by molar-refractivity contribution is -0.105. The first-order valence-electron chi connectivity index (χ1n) is 7.50. The Morgan fingerprint density at radius 1 is 1.30 bits per heavy atom. The Bertz CT molecular complexity index is 914. The van der Waals surface area contributed by atoms with Gasteiger partial charge in [-0.05, 0) is 54.7 Å².